The zero-order valence-corrected chi connectivity index (χ0v) is 18.7. The van der Waals surface area contributed by atoms with Crippen molar-refractivity contribution in [3.05, 3.63) is 60.2 Å². The minimum absolute atomic E-state index is 0.111. The second kappa shape index (κ2) is 8.61. The molecule has 2 aromatic rings. The first-order valence-electron chi connectivity index (χ1n) is 11.9. The van der Waals surface area contributed by atoms with Gasteiger partial charge in [-0.3, -0.25) is 9.59 Å². The van der Waals surface area contributed by atoms with E-state index in [1.165, 1.54) is 19.3 Å². The minimum Gasteiger partial charge on any atom is -0.494 e. The van der Waals surface area contributed by atoms with E-state index in [2.05, 4.69) is 10.6 Å². The first-order chi connectivity index (χ1) is 15.5. The monoisotopic (exact) mass is 432 g/mol. The SMILES string of the molecule is CCOc1ccc(NC(=O)C(NC(=O)c2ccccc2)C23CC4CC(CC(C4)C2)C3)cc1. The second-order valence-electron chi connectivity index (χ2n) is 10.00. The predicted octanol–water partition coefficient (Wildman–Crippen LogP) is 5.04. The van der Waals surface area contributed by atoms with Gasteiger partial charge in [0.25, 0.3) is 5.91 Å². The van der Waals surface area contributed by atoms with Crippen LogP contribution in [0.2, 0.25) is 0 Å². The van der Waals surface area contributed by atoms with E-state index in [0.717, 1.165) is 30.7 Å². The highest BCUT2D eigenvalue weighted by atomic mass is 16.5. The topological polar surface area (TPSA) is 67.4 Å². The van der Waals surface area contributed by atoms with Crippen molar-refractivity contribution >= 4 is 17.5 Å². The maximum atomic E-state index is 13.6. The molecule has 5 nitrogen and oxygen atoms in total. The number of ether oxygens (including phenoxy) is 1. The van der Waals surface area contributed by atoms with Crippen LogP contribution in [0.3, 0.4) is 0 Å². The van der Waals surface area contributed by atoms with Crippen LogP contribution in [0.1, 0.15) is 55.8 Å². The summed E-state index contributed by atoms with van der Waals surface area (Å²) in [4.78, 5) is 26.8. The van der Waals surface area contributed by atoms with E-state index in [1.807, 2.05) is 49.4 Å². The molecule has 4 saturated carbocycles. The molecular weight excluding hydrogens is 400 g/mol. The molecule has 2 N–H and O–H groups in total. The molecular formula is C27H32N2O3. The van der Waals surface area contributed by atoms with E-state index >= 15 is 0 Å². The Kier molecular flexibility index (Phi) is 5.66. The molecule has 2 amide bonds. The van der Waals surface area contributed by atoms with Gasteiger partial charge in [0.05, 0.1) is 6.61 Å². The van der Waals surface area contributed by atoms with E-state index in [1.54, 1.807) is 12.1 Å². The smallest absolute Gasteiger partial charge is 0.251 e. The van der Waals surface area contributed by atoms with E-state index in [-0.39, 0.29) is 17.2 Å². The van der Waals surface area contributed by atoms with Gasteiger partial charge in [-0.15, -0.1) is 0 Å². The van der Waals surface area contributed by atoms with Crippen molar-refractivity contribution in [1.29, 1.82) is 0 Å². The van der Waals surface area contributed by atoms with Gasteiger partial charge in [-0.2, -0.15) is 0 Å². The molecule has 4 aliphatic rings. The summed E-state index contributed by atoms with van der Waals surface area (Å²) in [5, 5.41) is 6.25. The van der Waals surface area contributed by atoms with Crippen LogP contribution in [-0.2, 0) is 4.79 Å². The van der Waals surface area contributed by atoms with E-state index in [9.17, 15) is 9.59 Å². The van der Waals surface area contributed by atoms with Crippen LogP contribution in [0.4, 0.5) is 5.69 Å². The molecule has 1 atom stereocenters. The Bertz CT molecular complexity index is 935. The highest BCUT2D eigenvalue weighted by Crippen LogP contribution is 2.61. The Morgan fingerprint density at radius 2 is 1.53 bits per heavy atom. The molecule has 5 heteroatoms. The number of hydrogen-bond donors (Lipinski definition) is 2. The van der Waals surface area contributed by atoms with Crippen molar-refractivity contribution in [2.45, 2.75) is 51.5 Å². The average molecular weight is 433 g/mol. The molecule has 0 aromatic heterocycles. The van der Waals surface area contributed by atoms with Crippen molar-refractivity contribution in [2.24, 2.45) is 23.2 Å². The first-order valence-corrected chi connectivity index (χ1v) is 11.9. The fourth-order valence-corrected chi connectivity index (χ4v) is 6.85. The second-order valence-corrected chi connectivity index (χ2v) is 10.00. The van der Waals surface area contributed by atoms with Gasteiger partial charge in [-0.25, -0.2) is 0 Å². The van der Waals surface area contributed by atoms with Crippen molar-refractivity contribution in [3.8, 4) is 5.75 Å². The standard InChI is InChI=1S/C27H32N2O3/c1-2-32-23-10-8-22(9-11-23)28-26(31)24(29-25(30)21-6-4-3-5-7-21)27-15-18-12-19(16-27)14-20(13-18)17-27/h3-11,18-20,24H,2,12-17H2,1H3,(H,28,31)(H,29,30). The number of carbonyl (C=O) groups excluding carboxylic acids is 2. The average Bonchev–Trinajstić information content (AvgIpc) is 2.78. The van der Waals surface area contributed by atoms with E-state index in [0.29, 0.717) is 29.9 Å². The largest absolute Gasteiger partial charge is 0.494 e. The van der Waals surface area contributed by atoms with Crippen molar-refractivity contribution in [3.63, 3.8) is 0 Å². The van der Waals surface area contributed by atoms with Crippen LogP contribution in [0.25, 0.3) is 0 Å². The zero-order chi connectivity index (χ0) is 22.1. The molecule has 4 bridgehead atoms. The summed E-state index contributed by atoms with van der Waals surface area (Å²) in [6.45, 7) is 2.55. The summed E-state index contributed by atoms with van der Waals surface area (Å²) >= 11 is 0. The number of amides is 2. The number of nitrogens with one attached hydrogen (secondary N) is 2. The summed E-state index contributed by atoms with van der Waals surface area (Å²) in [5.41, 5.74) is 1.17. The van der Waals surface area contributed by atoms with Crippen LogP contribution >= 0.6 is 0 Å². The Balaban J connectivity index is 1.40. The Labute approximate surface area is 189 Å². The van der Waals surface area contributed by atoms with Crippen molar-refractivity contribution in [2.75, 3.05) is 11.9 Å². The van der Waals surface area contributed by atoms with Gasteiger partial charge in [0.15, 0.2) is 0 Å². The zero-order valence-electron chi connectivity index (χ0n) is 18.7. The van der Waals surface area contributed by atoms with Gasteiger partial charge in [0, 0.05) is 16.7 Å². The highest BCUT2D eigenvalue weighted by Gasteiger charge is 2.56. The normalized spacial score (nSPS) is 28.7. The van der Waals surface area contributed by atoms with Crippen LogP contribution in [0.15, 0.2) is 54.6 Å². The number of hydrogen-bond acceptors (Lipinski definition) is 3. The van der Waals surface area contributed by atoms with Crippen LogP contribution in [0, 0.1) is 23.2 Å². The summed E-state index contributed by atoms with van der Waals surface area (Å²) < 4.78 is 5.51. The van der Waals surface area contributed by atoms with Crippen molar-refractivity contribution < 1.29 is 14.3 Å². The molecule has 32 heavy (non-hydrogen) atoms. The lowest BCUT2D eigenvalue weighted by Gasteiger charge is -2.58. The highest BCUT2D eigenvalue weighted by molar-refractivity contribution is 6.01. The summed E-state index contributed by atoms with van der Waals surface area (Å²) in [7, 11) is 0. The lowest BCUT2D eigenvalue weighted by Crippen LogP contribution is -2.61. The predicted molar refractivity (Wildman–Crippen MR) is 125 cm³/mol. The van der Waals surface area contributed by atoms with Gasteiger partial charge in [-0.1, -0.05) is 18.2 Å². The fourth-order valence-electron chi connectivity index (χ4n) is 6.85. The molecule has 1 unspecified atom stereocenters. The third-order valence-corrected chi connectivity index (χ3v) is 7.70. The summed E-state index contributed by atoms with van der Waals surface area (Å²) in [6.07, 6.45) is 6.98. The number of rotatable bonds is 7. The fraction of sp³-hybridized carbons (Fsp3) is 0.481. The minimum atomic E-state index is -0.532. The third-order valence-electron chi connectivity index (χ3n) is 7.70. The van der Waals surface area contributed by atoms with Crippen molar-refractivity contribution in [1.82, 2.24) is 5.32 Å². The number of benzene rings is 2. The Hall–Kier alpha value is -2.82. The first kappa shape index (κ1) is 21.0. The number of carbonyl (C=O) groups is 2. The number of anilines is 1. The third kappa shape index (κ3) is 4.13. The van der Waals surface area contributed by atoms with E-state index < -0.39 is 6.04 Å². The summed E-state index contributed by atoms with van der Waals surface area (Å²) in [6, 6.07) is 16.1. The van der Waals surface area contributed by atoms with Crippen LogP contribution in [0.5, 0.6) is 5.75 Å². The molecule has 0 spiro atoms. The molecule has 0 heterocycles. The maximum Gasteiger partial charge on any atom is 0.251 e. The Morgan fingerprint density at radius 3 is 2.09 bits per heavy atom. The van der Waals surface area contributed by atoms with Crippen LogP contribution < -0.4 is 15.4 Å². The molecule has 6 rings (SSSR count). The van der Waals surface area contributed by atoms with Gasteiger partial charge in [-0.05, 0) is 99.6 Å². The van der Waals surface area contributed by atoms with E-state index in [4.69, 9.17) is 4.74 Å². The molecule has 4 fully saturated rings. The lowest BCUT2D eigenvalue weighted by atomic mass is 9.47. The Morgan fingerprint density at radius 1 is 0.938 bits per heavy atom. The van der Waals surface area contributed by atoms with Gasteiger partial charge in [0.2, 0.25) is 5.91 Å². The summed E-state index contributed by atoms with van der Waals surface area (Å²) in [5.74, 6) is 2.57. The van der Waals surface area contributed by atoms with Crippen LogP contribution in [-0.4, -0.2) is 24.5 Å². The maximum absolute atomic E-state index is 13.6. The van der Waals surface area contributed by atoms with Gasteiger partial charge >= 0.3 is 0 Å². The molecule has 4 aliphatic carbocycles. The molecule has 0 aliphatic heterocycles. The van der Waals surface area contributed by atoms with Gasteiger partial charge in [0.1, 0.15) is 11.8 Å². The lowest BCUT2D eigenvalue weighted by molar-refractivity contribution is -0.129. The van der Waals surface area contributed by atoms with Gasteiger partial charge < -0.3 is 15.4 Å². The molecule has 2 aromatic carbocycles. The quantitative estimate of drug-likeness (QED) is 0.644. The molecule has 168 valence electrons. The molecule has 0 radical (unpaired) electrons. The molecule has 0 saturated heterocycles.